The van der Waals surface area contributed by atoms with E-state index < -0.39 is 4.92 Å². The highest BCUT2D eigenvalue weighted by atomic mass is 16.6. The van der Waals surface area contributed by atoms with Crippen LogP contribution in [0.2, 0.25) is 0 Å². The first kappa shape index (κ1) is 11.3. The molecular weight excluding hydrogens is 191 g/mol. The molecule has 0 saturated heterocycles. The summed E-state index contributed by atoms with van der Waals surface area (Å²) in [7, 11) is 9.34. The van der Waals surface area contributed by atoms with Gasteiger partial charge in [-0.1, -0.05) is 17.6 Å². The third-order valence-electron chi connectivity index (χ3n) is 1.85. The number of nitro benzene ring substituents is 1. The van der Waals surface area contributed by atoms with Crippen LogP contribution in [0.5, 0.6) is 0 Å². The lowest BCUT2D eigenvalue weighted by atomic mass is 9.89. The minimum atomic E-state index is -0.439. The van der Waals surface area contributed by atoms with Crippen molar-refractivity contribution in [3.05, 3.63) is 40.1 Å². The topological polar surface area (TPSA) is 46.4 Å². The molecule has 0 unspecified atom stereocenters. The predicted molar refractivity (Wildman–Crippen MR) is 61.2 cm³/mol. The van der Waals surface area contributed by atoms with Crippen molar-refractivity contribution in [3.63, 3.8) is 0 Å². The molecule has 76 valence electrons. The van der Waals surface area contributed by atoms with E-state index in [1.807, 2.05) is 14.1 Å². The third-order valence-corrected chi connectivity index (χ3v) is 1.85. The van der Waals surface area contributed by atoms with E-state index in [0.717, 1.165) is 0 Å². The molecule has 0 aliphatic heterocycles. The Kier molecular flexibility index (Phi) is 3.49. The summed E-state index contributed by atoms with van der Waals surface area (Å²) in [6.45, 7) is 0. The van der Waals surface area contributed by atoms with Crippen LogP contribution in [0, 0.1) is 10.1 Å². The van der Waals surface area contributed by atoms with Gasteiger partial charge in [-0.15, -0.1) is 0 Å². The minimum absolute atomic E-state index is 0.0214. The number of hydrogen-bond acceptors (Lipinski definition) is 3. The van der Waals surface area contributed by atoms with E-state index in [9.17, 15) is 10.1 Å². The van der Waals surface area contributed by atoms with Crippen LogP contribution in [-0.2, 0) is 0 Å². The zero-order valence-electron chi connectivity index (χ0n) is 8.68. The summed E-state index contributed by atoms with van der Waals surface area (Å²) < 4.78 is 0. The standard InChI is InChI=1S/C10H11BN2O2/c1-12(2)7-6-8-9(11)4-3-5-10(8)13(14)15/h3-7H,1-2H3/b7-6+. The van der Waals surface area contributed by atoms with Gasteiger partial charge in [0.05, 0.1) is 4.92 Å². The van der Waals surface area contributed by atoms with E-state index >= 15 is 0 Å². The van der Waals surface area contributed by atoms with Gasteiger partial charge in [0, 0.05) is 25.7 Å². The van der Waals surface area contributed by atoms with Gasteiger partial charge < -0.3 is 4.90 Å². The molecule has 0 amide bonds. The number of nitrogens with zero attached hydrogens (tertiary/aromatic N) is 2. The van der Waals surface area contributed by atoms with E-state index in [0.29, 0.717) is 11.0 Å². The molecule has 0 aliphatic rings. The largest absolute Gasteiger partial charge is 0.383 e. The van der Waals surface area contributed by atoms with E-state index in [-0.39, 0.29) is 5.69 Å². The smallest absolute Gasteiger partial charge is 0.276 e. The van der Waals surface area contributed by atoms with Gasteiger partial charge in [0.25, 0.3) is 5.69 Å². The first-order valence-corrected chi connectivity index (χ1v) is 4.40. The molecule has 0 atom stereocenters. The summed E-state index contributed by atoms with van der Waals surface area (Å²) in [5.41, 5.74) is 0.867. The molecule has 5 heteroatoms. The normalized spacial score (nSPS) is 10.5. The number of nitro groups is 1. The highest BCUT2D eigenvalue weighted by molar-refractivity contribution is 6.34. The summed E-state index contributed by atoms with van der Waals surface area (Å²) in [4.78, 5) is 12.1. The maximum atomic E-state index is 10.7. The lowest BCUT2D eigenvalue weighted by Gasteiger charge is -2.05. The predicted octanol–water partition coefficient (Wildman–Crippen LogP) is 0.921. The van der Waals surface area contributed by atoms with Crippen LogP contribution in [0.15, 0.2) is 24.4 Å². The van der Waals surface area contributed by atoms with Crippen LogP contribution in [0.3, 0.4) is 0 Å². The van der Waals surface area contributed by atoms with Crippen LogP contribution in [-0.4, -0.2) is 31.8 Å². The van der Waals surface area contributed by atoms with Gasteiger partial charge in [0.15, 0.2) is 0 Å². The zero-order chi connectivity index (χ0) is 11.4. The average molecular weight is 202 g/mol. The molecule has 0 aliphatic carbocycles. The van der Waals surface area contributed by atoms with Gasteiger partial charge in [0.1, 0.15) is 7.85 Å². The number of rotatable bonds is 3. The van der Waals surface area contributed by atoms with Gasteiger partial charge in [-0.25, -0.2) is 0 Å². The Morgan fingerprint density at radius 1 is 1.47 bits per heavy atom. The maximum Gasteiger partial charge on any atom is 0.276 e. The van der Waals surface area contributed by atoms with Crippen LogP contribution in [0.25, 0.3) is 6.08 Å². The molecule has 0 bridgehead atoms. The number of benzene rings is 1. The fourth-order valence-corrected chi connectivity index (χ4v) is 1.13. The Morgan fingerprint density at radius 2 is 2.13 bits per heavy atom. The quantitative estimate of drug-likeness (QED) is 0.416. The van der Waals surface area contributed by atoms with E-state index in [4.69, 9.17) is 7.85 Å². The molecular formula is C10H11BN2O2. The molecule has 1 aromatic carbocycles. The lowest BCUT2D eigenvalue weighted by Crippen LogP contribution is -2.10. The molecule has 0 heterocycles. The van der Waals surface area contributed by atoms with Crippen LogP contribution in [0.1, 0.15) is 5.56 Å². The molecule has 1 rings (SSSR count). The molecule has 1 aromatic rings. The average Bonchev–Trinajstić information content (AvgIpc) is 2.15. The van der Waals surface area contributed by atoms with E-state index in [1.54, 1.807) is 29.3 Å². The van der Waals surface area contributed by atoms with Crippen molar-refractivity contribution in [1.82, 2.24) is 4.90 Å². The van der Waals surface area contributed by atoms with Crippen molar-refractivity contribution in [2.24, 2.45) is 0 Å². The third kappa shape index (κ3) is 2.84. The minimum Gasteiger partial charge on any atom is -0.383 e. The molecule has 0 spiro atoms. The number of hydrogen-bond donors (Lipinski definition) is 0. The zero-order valence-corrected chi connectivity index (χ0v) is 8.68. The molecule has 2 radical (unpaired) electrons. The van der Waals surface area contributed by atoms with E-state index in [2.05, 4.69) is 0 Å². The fraction of sp³-hybridized carbons (Fsp3) is 0.200. The Morgan fingerprint density at radius 3 is 2.67 bits per heavy atom. The summed E-state index contributed by atoms with van der Waals surface area (Å²) >= 11 is 0. The SMILES string of the molecule is [B]c1cccc([N+](=O)[O-])c1/C=C/N(C)C. The van der Waals surface area contributed by atoms with Crippen molar-refractivity contribution in [2.45, 2.75) is 0 Å². The second kappa shape index (κ2) is 4.64. The molecule has 4 nitrogen and oxygen atoms in total. The summed E-state index contributed by atoms with van der Waals surface area (Å²) in [6, 6.07) is 4.65. The van der Waals surface area contributed by atoms with E-state index in [1.165, 1.54) is 6.07 Å². The van der Waals surface area contributed by atoms with Crippen LogP contribution < -0.4 is 5.46 Å². The second-order valence-electron chi connectivity index (χ2n) is 3.32. The Hall–Kier alpha value is -1.78. The highest BCUT2D eigenvalue weighted by Gasteiger charge is 2.11. The fourth-order valence-electron chi connectivity index (χ4n) is 1.13. The van der Waals surface area contributed by atoms with Gasteiger partial charge in [-0.2, -0.15) is 0 Å². The van der Waals surface area contributed by atoms with Crippen LogP contribution >= 0.6 is 0 Å². The lowest BCUT2D eigenvalue weighted by molar-refractivity contribution is -0.385. The van der Waals surface area contributed by atoms with Gasteiger partial charge in [0.2, 0.25) is 0 Å². The second-order valence-corrected chi connectivity index (χ2v) is 3.32. The first-order valence-electron chi connectivity index (χ1n) is 4.40. The maximum absolute atomic E-state index is 10.7. The molecule has 0 fully saturated rings. The summed E-state index contributed by atoms with van der Waals surface area (Å²) in [5.74, 6) is 0. The summed E-state index contributed by atoms with van der Waals surface area (Å²) in [5, 5.41) is 10.7. The van der Waals surface area contributed by atoms with Crippen LogP contribution in [0.4, 0.5) is 5.69 Å². The first-order chi connectivity index (χ1) is 7.02. The van der Waals surface area contributed by atoms with Gasteiger partial charge in [-0.05, 0) is 12.3 Å². The monoisotopic (exact) mass is 202 g/mol. The van der Waals surface area contributed by atoms with Crippen molar-refractivity contribution in [2.75, 3.05) is 14.1 Å². The van der Waals surface area contributed by atoms with Crippen molar-refractivity contribution >= 4 is 25.1 Å². The molecule has 15 heavy (non-hydrogen) atoms. The van der Waals surface area contributed by atoms with Gasteiger partial charge in [-0.3, -0.25) is 10.1 Å². The molecule has 0 N–H and O–H groups in total. The Balaban J connectivity index is 3.19. The Bertz CT molecular complexity index is 402. The molecule has 0 saturated carbocycles. The van der Waals surface area contributed by atoms with Crippen molar-refractivity contribution in [1.29, 1.82) is 0 Å². The van der Waals surface area contributed by atoms with Crippen molar-refractivity contribution < 1.29 is 4.92 Å². The van der Waals surface area contributed by atoms with Gasteiger partial charge >= 0.3 is 0 Å². The van der Waals surface area contributed by atoms with Crippen molar-refractivity contribution in [3.8, 4) is 0 Å². The highest BCUT2D eigenvalue weighted by Crippen LogP contribution is 2.16. The molecule has 0 aromatic heterocycles. The summed E-state index contributed by atoms with van der Waals surface area (Å²) in [6.07, 6.45) is 3.35. The Labute approximate surface area is 89.8 Å².